The van der Waals surface area contributed by atoms with E-state index in [4.69, 9.17) is 0 Å². The van der Waals surface area contributed by atoms with Gasteiger partial charge in [-0.15, -0.1) is 0 Å². The van der Waals surface area contributed by atoms with E-state index in [-0.39, 0.29) is 18.1 Å². The number of hydrazine groups is 1. The summed E-state index contributed by atoms with van der Waals surface area (Å²) in [6.45, 7) is 0. The second-order valence-corrected chi connectivity index (χ2v) is 8.14. The van der Waals surface area contributed by atoms with Gasteiger partial charge in [-0.3, -0.25) is 20.4 Å². The summed E-state index contributed by atoms with van der Waals surface area (Å²) in [5.41, 5.74) is 9.11. The number of hydrogen-bond donors (Lipinski definition) is 3. The lowest BCUT2D eigenvalue weighted by atomic mass is 10.1. The van der Waals surface area contributed by atoms with Crippen molar-refractivity contribution in [1.29, 1.82) is 0 Å². The summed E-state index contributed by atoms with van der Waals surface area (Å²) in [6, 6.07) is 21.0. The number of hydrogen-bond acceptors (Lipinski definition) is 4. The summed E-state index contributed by atoms with van der Waals surface area (Å²) in [5.74, 6) is -0.315. The molecule has 0 radical (unpaired) electrons. The van der Waals surface area contributed by atoms with Crippen LogP contribution in [0.15, 0.2) is 78.0 Å². The van der Waals surface area contributed by atoms with Crippen LogP contribution in [0, 0.1) is 5.82 Å². The Morgan fingerprint density at radius 3 is 2.38 bits per heavy atom. The average molecular weight is 449 g/mol. The number of aryl methyl sites for hydroxylation is 1. The minimum absolute atomic E-state index is 0.184. The number of amides is 2. The first-order valence-electron chi connectivity index (χ1n) is 10.1. The van der Waals surface area contributed by atoms with E-state index in [1.165, 1.54) is 12.1 Å². The normalized spacial score (nSPS) is 10.8. The van der Waals surface area contributed by atoms with E-state index in [0.717, 1.165) is 27.3 Å². The topological polar surface area (TPSA) is 86.9 Å². The Bertz CT molecular complexity index is 1190. The van der Waals surface area contributed by atoms with E-state index in [2.05, 4.69) is 20.8 Å². The molecule has 4 aromatic rings. The van der Waals surface area contributed by atoms with E-state index in [1.807, 2.05) is 36.4 Å². The van der Waals surface area contributed by atoms with E-state index >= 15 is 0 Å². The van der Waals surface area contributed by atoms with Crippen molar-refractivity contribution in [2.75, 3.05) is 0 Å². The number of nitrogens with zero attached hydrogens (tertiary/aromatic N) is 1. The number of thioether (sulfide) groups is 1. The van der Waals surface area contributed by atoms with Crippen LogP contribution >= 0.6 is 11.8 Å². The van der Waals surface area contributed by atoms with Gasteiger partial charge < -0.3 is 4.98 Å². The van der Waals surface area contributed by atoms with Gasteiger partial charge in [-0.25, -0.2) is 9.37 Å². The molecule has 0 atom stereocenters. The van der Waals surface area contributed by atoms with Crippen molar-refractivity contribution in [2.45, 2.75) is 23.8 Å². The van der Waals surface area contributed by atoms with Gasteiger partial charge >= 0.3 is 0 Å². The maximum atomic E-state index is 12.9. The molecule has 1 aromatic heterocycles. The molecule has 0 saturated carbocycles. The first kappa shape index (κ1) is 21.6. The van der Waals surface area contributed by atoms with Crippen LogP contribution in [0.1, 0.15) is 27.9 Å². The highest BCUT2D eigenvalue weighted by Crippen LogP contribution is 2.23. The van der Waals surface area contributed by atoms with E-state index < -0.39 is 5.91 Å². The quantitative estimate of drug-likeness (QED) is 0.289. The molecule has 2 amide bonds. The summed E-state index contributed by atoms with van der Waals surface area (Å²) in [6.07, 6.45) is 0.642. The summed E-state index contributed by atoms with van der Waals surface area (Å²) < 4.78 is 12.9. The smallest absolute Gasteiger partial charge is 0.269 e. The number of H-pyrrole nitrogens is 1. The van der Waals surface area contributed by atoms with Crippen molar-refractivity contribution in [1.82, 2.24) is 20.8 Å². The fraction of sp³-hybridized carbons (Fsp3) is 0.125. The lowest BCUT2D eigenvalue weighted by molar-refractivity contribution is -0.121. The van der Waals surface area contributed by atoms with E-state index in [1.54, 1.807) is 36.0 Å². The Balaban J connectivity index is 1.22. The van der Waals surface area contributed by atoms with Gasteiger partial charge in [0.25, 0.3) is 5.91 Å². The number of para-hydroxylation sites is 2. The van der Waals surface area contributed by atoms with Crippen molar-refractivity contribution in [2.24, 2.45) is 0 Å². The molecule has 8 heteroatoms. The number of fused-ring (bicyclic) bond motifs is 1. The monoisotopic (exact) mass is 448 g/mol. The Kier molecular flexibility index (Phi) is 6.81. The van der Waals surface area contributed by atoms with Crippen LogP contribution < -0.4 is 10.9 Å². The molecule has 32 heavy (non-hydrogen) atoms. The Morgan fingerprint density at radius 1 is 0.906 bits per heavy atom. The average Bonchev–Trinajstić information content (AvgIpc) is 3.24. The molecule has 0 spiro atoms. The van der Waals surface area contributed by atoms with Crippen molar-refractivity contribution >= 4 is 34.6 Å². The number of carbonyl (C=O) groups excluding carboxylic acids is 2. The second-order valence-electron chi connectivity index (χ2n) is 7.17. The minimum Gasteiger partial charge on any atom is -0.333 e. The van der Waals surface area contributed by atoms with Crippen LogP contribution in [0.3, 0.4) is 0 Å². The van der Waals surface area contributed by atoms with Gasteiger partial charge in [0.2, 0.25) is 5.91 Å². The van der Waals surface area contributed by atoms with Crippen LogP contribution in [-0.2, 0) is 17.0 Å². The lowest BCUT2D eigenvalue weighted by Gasteiger charge is -2.08. The van der Waals surface area contributed by atoms with Gasteiger partial charge in [0.05, 0.1) is 11.0 Å². The van der Waals surface area contributed by atoms with Gasteiger partial charge in [0.15, 0.2) is 5.16 Å². The van der Waals surface area contributed by atoms with E-state index in [0.29, 0.717) is 17.7 Å². The number of nitrogens with one attached hydrogen (secondary N) is 3. The SMILES string of the molecule is O=C(CCc1ccc(F)cc1)NNC(=O)c1ccc(CSc2nc3ccccc3[nH]2)cc1. The predicted molar refractivity (Wildman–Crippen MR) is 122 cm³/mol. The van der Waals surface area contributed by atoms with Crippen LogP contribution in [0.25, 0.3) is 11.0 Å². The fourth-order valence-corrected chi connectivity index (χ4v) is 3.91. The van der Waals surface area contributed by atoms with Crippen molar-refractivity contribution in [3.8, 4) is 0 Å². The largest absolute Gasteiger partial charge is 0.333 e. The number of halogens is 1. The summed E-state index contributed by atoms with van der Waals surface area (Å²) in [5, 5.41) is 0.844. The standard InChI is InChI=1S/C24H21FN4O2S/c25-19-12-7-16(8-13-19)9-14-22(30)28-29-23(31)18-10-5-17(6-11-18)15-32-24-26-20-3-1-2-4-21(20)27-24/h1-8,10-13H,9,14-15H2,(H,26,27)(H,28,30)(H,29,31). The minimum atomic E-state index is -0.392. The molecular formula is C24H21FN4O2S. The molecule has 3 N–H and O–H groups in total. The number of carbonyl (C=O) groups is 2. The summed E-state index contributed by atoms with van der Waals surface area (Å²) >= 11 is 1.59. The first-order valence-corrected chi connectivity index (χ1v) is 11.1. The Morgan fingerprint density at radius 2 is 1.62 bits per heavy atom. The molecule has 1 heterocycles. The zero-order valence-corrected chi connectivity index (χ0v) is 17.9. The zero-order valence-electron chi connectivity index (χ0n) is 17.1. The van der Waals surface area contributed by atoms with Gasteiger partial charge in [-0.2, -0.15) is 0 Å². The van der Waals surface area contributed by atoms with Crippen LogP contribution in [0.4, 0.5) is 4.39 Å². The maximum Gasteiger partial charge on any atom is 0.269 e. The third kappa shape index (κ3) is 5.73. The van der Waals surface area contributed by atoms with Crippen LogP contribution in [0.5, 0.6) is 0 Å². The van der Waals surface area contributed by atoms with Crippen molar-refractivity contribution < 1.29 is 14.0 Å². The third-order valence-electron chi connectivity index (χ3n) is 4.83. The zero-order chi connectivity index (χ0) is 22.3. The second kappa shape index (κ2) is 10.1. The summed E-state index contributed by atoms with van der Waals surface area (Å²) in [4.78, 5) is 32.0. The van der Waals surface area contributed by atoms with Gasteiger partial charge in [0, 0.05) is 17.7 Å². The van der Waals surface area contributed by atoms with Gasteiger partial charge in [-0.05, 0) is 53.9 Å². The maximum absolute atomic E-state index is 12.9. The molecule has 0 aliphatic carbocycles. The predicted octanol–water partition coefficient (Wildman–Crippen LogP) is 4.39. The number of aromatic nitrogens is 2. The molecule has 4 rings (SSSR count). The number of rotatable bonds is 7. The van der Waals surface area contributed by atoms with Crippen LogP contribution in [-0.4, -0.2) is 21.8 Å². The molecule has 0 saturated heterocycles. The molecular weight excluding hydrogens is 427 g/mol. The molecule has 0 fully saturated rings. The van der Waals surface area contributed by atoms with Crippen LogP contribution in [0.2, 0.25) is 0 Å². The van der Waals surface area contributed by atoms with E-state index in [9.17, 15) is 14.0 Å². The third-order valence-corrected chi connectivity index (χ3v) is 5.77. The molecule has 3 aromatic carbocycles. The molecule has 0 aliphatic heterocycles. The first-order chi connectivity index (χ1) is 15.6. The Labute approximate surface area is 188 Å². The Hall–Kier alpha value is -3.65. The fourth-order valence-electron chi connectivity index (χ4n) is 3.07. The highest BCUT2D eigenvalue weighted by molar-refractivity contribution is 7.98. The summed E-state index contributed by atoms with van der Waals surface area (Å²) in [7, 11) is 0. The van der Waals surface area contributed by atoms with Gasteiger partial charge in [-0.1, -0.05) is 48.2 Å². The highest BCUT2D eigenvalue weighted by atomic mass is 32.2. The lowest BCUT2D eigenvalue weighted by Crippen LogP contribution is -2.41. The van der Waals surface area contributed by atoms with Crippen molar-refractivity contribution in [3.63, 3.8) is 0 Å². The number of aromatic amines is 1. The molecule has 0 unspecified atom stereocenters. The molecule has 6 nitrogen and oxygen atoms in total. The number of imidazole rings is 1. The highest BCUT2D eigenvalue weighted by Gasteiger charge is 2.09. The molecule has 162 valence electrons. The molecule has 0 aliphatic rings. The number of benzene rings is 3. The van der Waals surface area contributed by atoms with Gasteiger partial charge in [0.1, 0.15) is 5.82 Å². The molecule has 0 bridgehead atoms. The van der Waals surface area contributed by atoms with Crippen molar-refractivity contribution in [3.05, 3.63) is 95.3 Å².